The van der Waals surface area contributed by atoms with Gasteiger partial charge in [-0.1, -0.05) is 41.6 Å². The van der Waals surface area contributed by atoms with Crippen LogP contribution in [0.4, 0.5) is 10.5 Å². The van der Waals surface area contributed by atoms with Crippen molar-refractivity contribution >= 4 is 23.5 Å². The Bertz CT molecular complexity index is 1160. The van der Waals surface area contributed by atoms with Crippen molar-refractivity contribution < 1.29 is 18.4 Å². The first-order valence-electron chi connectivity index (χ1n) is 10.5. The van der Waals surface area contributed by atoms with Crippen LogP contribution in [0.1, 0.15) is 22.6 Å². The second kappa shape index (κ2) is 9.56. The van der Waals surface area contributed by atoms with Gasteiger partial charge in [0.05, 0.1) is 5.69 Å². The highest BCUT2D eigenvalue weighted by Gasteiger charge is 2.24. The number of rotatable bonds is 5. The lowest BCUT2D eigenvalue weighted by Gasteiger charge is -2.36. The van der Waals surface area contributed by atoms with E-state index in [4.69, 9.17) is 13.6 Å². The van der Waals surface area contributed by atoms with Gasteiger partial charge in [-0.3, -0.25) is 0 Å². The van der Waals surface area contributed by atoms with Crippen LogP contribution in [0.25, 0.3) is 0 Å². The fraction of sp³-hybridized carbons (Fsp3) is 0.333. The summed E-state index contributed by atoms with van der Waals surface area (Å²) in [7, 11) is 0. The van der Waals surface area contributed by atoms with Crippen LogP contribution in [-0.4, -0.2) is 37.2 Å². The van der Waals surface area contributed by atoms with E-state index >= 15 is 0 Å². The fourth-order valence-corrected chi connectivity index (χ4v) is 4.73. The van der Waals surface area contributed by atoms with Gasteiger partial charge < -0.3 is 23.4 Å². The number of nitrogens with zero attached hydrogens (tertiary/aromatic N) is 2. The quantitative estimate of drug-likeness (QED) is 0.550. The van der Waals surface area contributed by atoms with E-state index in [1.54, 1.807) is 23.6 Å². The third kappa shape index (κ3) is 5.02. The normalized spacial score (nSPS) is 14.0. The Balaban J connectivity index is 1.37. The predicted molar refractivity (Wildman–Crippen MR) is 122 cm³/mol. The first-order chi connectivity index (χ1) is 15.4. The second-order valence-electron chi connectivity index (χ2n) is 7.80. The van der Waals surface area contributed by atoms with Crippen LogP contribution in [0.2, 0.25) is 0 Å². The number of piperazine rings is 1. The monoisotopic (exact) mass is 454 g/mol. The van der Waals surface area contributed by atoms with Gasteiger partial charge in [0, 0.05) is 36.0 Å². The molecule has 168 valence electrons. The third-order valence-corrected chi connectivity index (χ3v) is 6.70. The number of aryl methyl sites for hydroxylation is 3. The van der Waals surface area contributed by atoms with Crippen molar-refractivity contribution in [1.82, 2.24) is 4.90 Å². The molecular formula is C24H26N2O5S. The number of ether oxygens (including phenoxy) is 1. The fourth-order valence-electron chi connectivity index (χ4n) is 3.69. The van der Waals surface area contributed by atoms with E-state index in [0.29, 0.717) is 31.9 Å². The summed E-state index contributed by atoms with van der Waals surface area (Å²) in [5, 5.41) is 0. The minimum Gasteiger partial charge on any atom is -0.441 e. The second-order valence-corrected chi connectivity index (χ2v) is 8.88. The number of benzene rings is 2. The Kier molecular flexibility index (Phi) is 6.60. The van der Waals surface area contributed by atoms with Crippen molar-refractivity contribution in [1.29, 1.82) is 0 Å². The van der Waals surface area contributed by atoms with Crippen LogP contribution in [0.15, 0.2) is 65.9 Å². The summed E-state index contributed by atoms with van der Waals surface area (Å²) in [6.07, 6.45) is -0.425. The van der Waals surface area contributed by atoms with Gasteiger partial charge in [0.25, 0.3) is 0 Å². The van der Waals surface area contributed by atoms with E-state index in [9.17, 15) is 9.59 Å². The molecule has 2 aromatic carbocycles. The Morgan fingerprint density at radius 1 is 1.00 bits per heavy atom. The average Bonchev–Trinajstić information content (AvgIpc) is 3.11. The maximum Gasteiger partial charge on any atom is 0.519 e. The smallest absolute Gasteiger partial charge is 0.441 e. The summed E-state index contributed by atoms with van der Waals surface area (Å²) < 4.78 is 15.0. The van der Waals surface area contributed by atoms with Gasteiger partial charge in [-0.05, 0) is 44.5 Å². The molecule has 32 heavy (non-hydrogen) atoms. The average molecular weight is 455 g/mol. The molecule has 0 saturated carbocycles. The van der Waals surface area contributed by atoms with Crippen LogP contribution in [0, 0.1) is 20.8 Å². The lowest BCUT2D eigenvalue weighted by molar-refractivity contribution is 0.0874. The van der Waals surface area contributed by atoms with Crippen LogP contribution < -0.4 is 10.7 Å². The third-order valence-electron chi connectivity index (χ3n) is 5.46. The molecule has 8 heteroatoms. The molecule has 1 fully saturated rings. The number of amides is 1. The molecule has 0 N–H and O–H groups in total. The summed E-state index contributed by atoms with van der Waals surface area (Å²) in [6.45, 7) is 8.24. The summed E-state index contributed by atoms with van der Waals surface area (Å²) in [6, 6.07) is 14.9. The van der Waals surface area contributed by atoms with Crippen molar-refractivity contribution in [3.63, 3.8) is 0 Å². The molecule has 1 amide bonds. The van der Waals surface area contributed by atoms with E-state index in [-0.39, 0.29) is 12.4 Å². The maximum absolute atomic E-state index is 12.4. The van der Waals surface area contributed by atoms with Crippen molar-refractivity contribution in [3.05, 3.63) is 75.7 Å². The summed E-state index contributed by atoms with van der Waals surface area (Å²) >= 11 is 1.77. The number of carbonyl (C=O) groups excluding carboxylic acids is 1. The van der Waals surface area contributed by atoms with E-state index in [1.165, 1.54) is 26.6 Å². The molecule has 4 rings (SSSR count). The van der Waals surface area contributed by atoms with Gasteiger partial charge in [0.1, 0.15) is 0 Å². The first-order valence-corrected chi connectivity index (χ1v) is 11.3. The highest BCUT2D eigenvalue weighted by Crippen LogP contribution is 2.37. The Labute approximate surface area is 191 Å². The van der Waals surface area contributed by atoms with Crippen molar-refractivity contribution in [3.8, 4) is 0 Å². The molecule has 0 radical (unpaired) electrons. The van der Waals surface area contributed by atoms with Crippen LogP contribution in [-0.2, 0) is 11.3 Å². The topological polar surface area (TPSA) is 76.1 Å². The largest absolute Gasteiger partial charge is 0.519 e. The first kappa shape index (κ1) is 22.1. The van der Waals surface area contributed by atoms with Gasteiger partial charge in [-0.25, -0.2) is 9.59 Å². The molecule has 1 aromatic heterocycles. The van der Waals surface area contributed by atoms with Crippen LogP contribution in [0.5, 0.6) is 0 Å². The van der Waals surface area contributed by atoms with Gasteiger partial charge >= 0.3 is 11.9 Å². The highest BCUT2D eigenvalue weighted by atomic mass is 32.2. The molecule has 1 aliphatic heterocycles. The van der Waals surface area contributed by atoms with Crippen molar-refractivity contribution in [2.75, 3.05) is 31.1 Å². The molecule has 7 nitrogen and oxygen atoms in total. The maximum atomic E-state index is 12.4. The van der Waals surface area contributed by atoms with E-state index < -0.39 is 11.9 Å². The molecule has 3 aromatic rings. The molecule has 1 saturated heterocycles. The van der Waals surface area contributed by atoms with Crippen molar-refractivity contribution in [2.24, 2.45) is 0 Å². The lowest BCUT2D eigenvalue weighted by atomic mass is 10.2. The molecule has 2 heterocycles. The minimum atomic E-state index is -0.792. The Morgan fingerprint density at radius 3 is 2.44 bits per heavy atom. The van der Waals surface area contributed by atoms with E-state index in [2.05, 4.69) is 55.1 Å². The molecular weight excluding hydrogens is 428 g/mol. The summed E-state index contributed by atoms with van der Waals surface area (Å²) in [4.78, 5) is 30.0. The highest BCUT2D eigenvalue weighted by molar-refractivity contribution is 7.99. The molecule has 1 aliphatic rings. The molecule has 0 spiro atoms. The standard InChI is InChI=1S/C24H26N2O5S/c1-16-8-9-21(17(2)14-16)32-22-7-5-4-6-19(22)25-10-12-26(13-11-25)23(27)29-15-20-18(3)30-24(28)31-20/h4-9,14H,10-13,15H2,1-3H3. The van der Waals surface area contributed by atoms with Gasteiger partial charge in [0.2, 0.25) is 0 Å². The number of para-hydroxylation sites is 1. The summed E-state index contributed by atoms with van der Waals surface area (Å²) in [5.74, 6) is -0.232. The summed E-state index contributed by atoms with van der Waals surface area (Å²) in [5.41, 5.74) is 3.69. The van der Waals surface area contributed by atoms with Gasteiger partial charge in [-0.2, -0.15) is 0 Å². The lowest BCUT2D eigenvalue weighted by Crippen LogP contribution is -2.49. The van der Waals surface area contributed by atoms with Crippen molar-refractivity contribution in [2.45, 2.75) is 37.2 Å². The van der Waals surface area contributed by atoms with Gasteiger partial charge in [-0.15, -0.1) is 0 Å². The zero-order valence-electron chi connectivity index (χ0n) is 18.4. The van der Waals surface area contributed by atoms with Gasteiger partial charge in [0.15, 0.2) is 18.1 Å². The van der Waals surface area contributed by atoms with Crippen LogP contribution in [0.3, 0.4) is 0 Å². The molecule has 0 unspecified atom stereocenters. The minimum absolute atomic E-state index is 0.119. The molecule has 0 aliphatic carbocycles. The Morgan fingerprint density at radius 2 is 1.75 bits per heavy atom. The predicted octanol–water partition coefficient (Wildman–Crippen LogP) is 4.77. The van der Waals surface area contributed by atoms with E-state index in [0.717, 1.165) is 0 Å². The Hall–Kier alpha value is -3.13. The van der Waals surface area contributed by atoms with E-state index in [1.807, 2.05) is 6.07 Å². The molecule has 0 bridgehead atoms. The number of hydrogen-bond acceptors (Lipinski definition) is 7. The zero-order valence-corrected chi connectivity index (χ0v) is 19.2. The number of anilines is 1. The van der Waals surface area contributed by atoms with Crippen LogP contribution >= 0.6 is 11.8 Å². The zero-order chi connectivity index (χ0) is 22.7. The number of hydrogen-bond donors (Lipinski definition) is 0. The number of carbonyl (C=O) groups is 1. The molecule has 0 atom stereocenters. The SMILES string of the molecule is Cc1ccc(Sc2ccccc2N2CCN(C(=O)OCc3oc(=O)oc3C)CC2)c(C)c1.